The van der Waals surface area contributed by atoms with Gasteiger partial charge in [-0.15, -0.1) is 0 Å². The van der Waals surface area contributed by atoms with Crippen molar-refractivity contribution >= 4 is 22.7 Å². The molecule has 1 aliphatic heterocycles. The quantitative estimate of drug-likeness (QED) is 0.410. The Bertz CT molecular complexity index is 1470. The molecule has 172 valence electrons. The Morgan fingerprint density at radius 2 is 1.40 bits per heavy atom. The maximum absolute atomic E-state index is 6.41. The molecule has 7 nitrogen and oxygen atoms in total. The van der Waals surface area contributed by atoms with E-state index in [1.165, 1.54) is 6.33 Å². The smallest absolute Gasteiger partial charge is 0.165 e. The fourth-order valence-electron chi connectivity index (χ4n) is 4.61. The van der Waals surface area contributed by atoms with Gasteiger partial charge in [0, 0.05) is 36.0 Å². The van der Waals surface area contributed by atoms with Gasteiger partial charge in [0.1, 0.15) is 18.0 Å². The number of nitrogens with zero attached hydrogens (tertiary/aromatic N) is 5. The number of benzene rings is 2. The van der Waals surface area contributed by atoms with Gasteiger partial charge in [0.15, 0.2) is 5.65 Å². The number of hydrogen-bond donors (Lipinski definition) is 1. The molecule has 1 fully saturated rings. The Labute approximate surface area is 203 Å². The molecule has 0 atom stereocenters. The van der Waals surface area contributed by atoms with E-state index >= 15 is 0 Å². The number of hydrogen-bond acceptors (Lipinski definition) is 7. The molecule has 2 aromatic carbocycles. The van der Waals surface area contributed by atoms with Gasteiger partial charge >= 0.3 is 0 Å². The van der Waals surface area contributed by atoms with Crippen molar-refractivity contribution in [3.8, 4) is 33.5 Å². The van der Waals surface area contributed by atoms with Crippen molar-refractivity contribution in [2.45, 2.75) is 0 Å². The number of aromatic nitrogens is 4. The second kappa shape index (κ2) is 9.12. The number of nitrogens with two attached hydrogens (primary N) is 1. The van der Waals surface area contributed by atoms with Gasteiger partial charge < -0.3 is 15.4 Å². The Morgan fingerprint density at radius 1 is 0.714 bits per heavy atom. The van der Waals surface area contributed by atoms with Crippen molar-refractivity contribution in [2.24, 2.45) is 0 Å². The Hall–Kier alpha value is -4.36. The number of morpholine rings is 1. The predicted octanol–water partition coefficient (Wildman–Crippen LogP) is 4.84. The Balaban J connectivity index is 1.62. The lowest BCUT2D eigenvalue weighted by molar-refractivity contribution is 0.122. The van der Waals surface area contributed by atoms with Gasteiger partial charge in [0.25, 0.3) is 0 Å². The SMILES string of the molecule is Nc1ncnc2nc(-c3ccc(N4CCOCC4)nc3)c(-c3ccccc3)c(-c3ccccc3)c12. The van der Waals surface area contributed by atoms with Crippen molar-refractivity contribution in [1.82, 2.24) is 19.9 Å². The summed E-state index contributed by atoms with van der Waals surface area (Å²) in [4.78, 5) is 20.8. The number of pyridine rings is 2. The van der Waals surface area contributed by atoms with Crippen molar-refractivity contribution in [2.75, 3.05) is 36.9 Å². The second-order valence-electron chi connectivity index (χ2n) is 8.40. The zero-order valence-electron chi connectivity index (χ0n) is 19.1. The maximum atomic E-state index is 6.41. The topological polar surface area (TPSA) is 90.0 Å². The lowest BCUT2D eigenvalue weighted by atomic mass is 9.89. The van der Waals surface area contributed by atoms with Crippen LogP contribution in [0, 0.1) is 0 Å². The minimum atomic E-state index is 0.408. The highest BCUT2D eigenvalue weighted by molar-refractivity contribution is 6.09. The summed E-state index contributed by atoms with van der Waals surface area (Å²) in [6.07, 6.45) is 3.36. The van der Waals surface area contributed by atoms with E-state index in [0.717, 1.165) is 71.0 Å². The number of ether oxygens (including phenoxy) is 1. The lowest BCUT2D eigenvalue weighted by Crippen LogP contribution is -2.36. The van der Waals surface area contributed by atoms with Gasteiger partial charge in [-0.3, -0.25) is 0 Å². The third-order valence-electron chi connectivity index (χ3n) is 6.29. The van der Waals surface area contributed by atoms with E-state index in [1.807, 2.05) is 42.6 Å². The highest BCUT2D eigenvalue weighted by Gasteiger charge is 2.22. The van der Waals surface area contributed by atoms with Crippen LogP contribution in [0.4, 0.5) is 11.6 Å². The molecule has 0 saturated carbocycles. The summed E-state index contributed by atoms with van der Waals surface area (Å²) in [7, 11) is 0. The zero-order chi connectivity index (χ0) is 23.6. The lowest BCUT2D eigenvalue weighted by Gasteiger charge is -2.27. The zero-order valence-corrected chi connectivity index (χ0v) is 19.1. The molecule has 7 heteroatoms. The molecule has 0 aliphatic carbocycles. The molecule has 0 spiro atoms. The van der Waals surface area contributed by atoms with Crippen molar-refractivity contribution in [1.29, 1.82) is 0 Å². The fraction of sp³-hybridized carbons (Fsp3) is 0.143. The van der Waals surface area contributed by atoms with Crippen LogP contribution in [-0.2, 0) is 4.74 Å². The van der Waals surface area contributed by atoms with E-state index < -0.39 is 0 Å². The number of nitrogen functional groups attached to an aromatic ring is 1. The van der Waals surface area contributed by atoms with Crippen molar-refractivity contribution in [3.63, 3.8) is 0 Å². The van der Waals surface area contributed by atoms with E-state index in [0.29, 0.717) is 11.5 Å². The van der Waals surface area contributed by atoms with Crippen molar-refractivity contribution < 1.29 is 4.74 Å². The number of fused-ring (bicyclic) bond motifs is 1. The van der Waals surface area contributed by atoms with E-state index in [1.54, 1.807) is 0 Å². The van der Waals surface area contributed by atoms with Crippen LogP contribution < -0.4 is 10.6 Å². The van der Waals surface area contributed by atoms with E-state index in [4.69, 9.17) is 20.4 Å². The monoisotopic (exact) mass is 460 g/mol. The Kier molecular flexibility index (Phi) is 5.52. The summed E-state index contributed by atoms with van der Waals surface area (Å²) >= 11 is 0. The van der Waals surface area contributed by atoms with Crippen LogP contribution >= 0.6 is 0 Å². The van der Waals surface area contributed by atoms with Gasteiger partial charge in [0.2, 0.25) is 0 Å². The fourth-order valence-corrected chi connectivity index (χ4v) is 4.61. The largest absolute Gasteiger partial charge is 0.383 e. The second-order valence-corrected chi connectivity index (χ2v) is 8.40. The summed E-state index contributed by atoms with van der Waals surface area (Å²) in [5.74, 6) is 1.35. The maximum Gasteiger partial charge on any atom is 0.165 e. The van der Waals surface area contributed by atoms with Crippen LogP contribution in [0.1, 0.15) is 0 Å². The molecule has 1 aliphatic rings. The first-order chi connectivity index (χ1) is 17.3. The Morgan fingerprint density at radius 3 is 2.06 bits per heavy atom. The summed E-state index contributed by atoms with van der Waals surface area (Å²) < 4.78 is 5.48. The van der Waals surface area contributed by atoms with Crippen LogP contribution in [0.2, 0.25) is 0 Å². The van der Waals surface area contributed by atoms with E-state index in [-0.39, 0.29) is 0 Å². The molecule has 0 radical (unpaired) electrons. The molecule has 3 aromatic heterocycles. The molecule has 5 aromatic rings. The van der Waals surface area contributed by atoms with E-state index in [2.05, 4.69) is 51.3 Å². The van der Waals surface area contributed by atoms with Crippen LogP contribution in [0.5, 0.6) is 0 Å². The summed E-state index contributed by atoms with van der Waals surface area (Å²) in [6, 6.07) is 24.6. The third-order valence-corrected chi connectivity index (χ3v) is 6.29. The molecule has 1 saturated heterocycles. The standard InChI is InChI=1S/C28H24N6O/c29-27-25-23(19-7-3-1-4-8-19)24(20-9-5-2-6-10-20)26(33-28(25)32-18-31-27)21-11-12-22(30-17-21)34-13-15-35-16-14-34/h1-12,17-18H,13-16H2,(H2,29,31,32,33). The van der Waals surface area contributed by atoms with Gasteiger partial charge in [-0.05, 0) is 23.3 Å². The van der Waals surface area contributed by atoms with E-state index in [9.17, 15) is 0 Å². The first-order valence-electron chi connectivity index (χ1n) is 11.6. The van der Waals surface area contributed by atoms with Gasteiger partial charge in [-0.25, -0.2) is 19.9 Å². The summed E-state index contributed by atoms with van der Waals surface area (Å²) in [6.45, 7) is 3.11. The highest BCUT2D eigenvalue weighted by Crippen LogP contribution is 2.43. The summed E-state index contributed by atoms with van der Waals surface area (Å²) in [5.41, 5.74) is 12.7. The molecule has 4 heterocycles. The average Bonchev–Trinajstić information content (AvgIpc) is 2.94. The first kappa shape index (κ1) is 21.2. The minimum absolute atomic E-state index is 0.408. The van der Waals surface area contributed by atoms with Crippen molar-refractivity contribution in [3.05, 3.63) is 85.3 Å². The van der Waals surface area contributed by atoms with Gasteiger partial charge in [-0.1, -0.05) is 60.7 Å². The average molecular weight is 461 g/mol. The normalized spacial score (nSPS) is 13.8. The highest BCUT2D eigenvalue weighted by atomic mass is 16.5. The molecule has 6 rings (SSSR count). The van der Waals surface area contributed by atoms with Gasteiger partial charge in [0.05, 0.1) is 24.3 Å². The van der Waals surface area contributed by atoms with Crippen LogP contribution in [-0.4, -0.2) is 46.2 Å². The number of rotatable bonds is 4. The van der Waals surface area contributed by atoms with Gasteiger partial charge in [-0.2, -0.15) is 0 Å². The predicted molar refractivity (Wildman–Crippen MR) is 139 cm³/mol. The molecule has 0 amide bonds. The summed E-state index contributed by atoms with van der Waals surface area (Å²) in [5, 5.41) is 0.749. The number of anilines is 2. The molecular formula is C28H24N6O. The third kappa shape index (κ3) is 3.96. The first-order valence-corrected chi connectivity index (χ1v) is 11.6. The minimum Gasteiger partial charge on any atom is -0.383 e. The van der Waals surface area contributed by atoms with Crippen LogP contribution in [0.3, 0.4) is 0 Å². The molecule has 2 N–H and O–H groups in total. The van der Waals surface area contributed by atoms with Crippen LogP contribution in [0.15, 0.2) is 85.3 Å². The molecular weight excluding hydrogens is 436 g/mol. The molecule has 35 heavy (non-hydrogen) atoms. The molecule has 0 unspecified atom stereocenters. The van der Waals surface area contributed by atoms with Crippen LogP contribution in [0.25, 0.3) is 44.5 Å². The molecule has 0 bridgehead atoms.